The second-order valence-electron chi connectivity index (χ2n) is 8.03. The molecule has 1 aromatic heterocycles. The van der Waals surface area contributed by atoms with E-state index in [1.54, 1.807) is 13.8 Å². The number of hydrogen-bond acceptors (Lipinski definition) is 4. The van der Waals surface area contributed by atoms with Crippen molar-refractivity contribution < 1.29 is 27.8 Å². The fourth-order valence-electron chi connectivity index (χ4n) is 4.10. The van der Waals surface area contributed by atoms with Gasteiger partial charge in [0.2, 0.25) is 0 Å². The van der Waals surface area contributed by atoms with Crippen molar-refractivity contribution >= 4 is 5.97 Å². The summed E-state index contributed by atoms with van der Waals surface area (Å²) in [7, 11) is 0. The Morgan fingerprint density at radius 2 is 2.11 bits per heavy atom. The van der Waals surface area contributed by atoms with Gasteiger partial charge in [-0.25, -0.2) is 4.79 Å². The maximum Gasteiger partial charge on any atom is 0.416 e. The van der Waals surface area contributed by atoms with Gasteiger partial charge in [0.1, 0.15) is 6.04 Å². The number of carboxylic acid groups (broad SMARTS) is 1. The summed E-state index contributed by atoms with van der Waals surface area (Å²) in [6, 6.07) is -0.437. The number of fused-ring (bicyclic) bond motifs is 2. The number of carboxylic acids is 1. The smallest absolute Gasteiger partial charge is 0.416 e. The maximum atomic E-state index is 13.5. The molecule has 2 saturated heterocycles. The molecule has 0 aliphatic carbocycles. The molecular weight excluding hydrogens is 377 g/mol. The van der Waals surface area contributed by atoms with Gasteiger partial charge < -0.3 is 14.4 Å². The Labute approximate surface area is 160 Å². The van der Waals surface area contributed by atoms with Crippen molar-refractivity contribution in [2.45, 2.75) is 57.5 Å². The number of alkyl halides is 3. The predicted molar refractivity (Wildman–Crippen MR) is 95.3 cm³/mol. The fraction of sp³-hybridized carbons (Fsp3) is 0.684. The largest absolute Gasteiger partial charge is 0.480 e. The zero-order valence-electron chi connectivity index (χ0n) is 15.9. The summed E-state index contributed by atoms with van der Waals surface area (Å²) in [6.45, 7) is 5.29. The number of ether oxygens (including phenoxy) is 1. The number of morpholine rings is 1. The molecule has 2 fully saturated rings. The van der Waals surface area contributed by atoms with Crippen LogP contribution in [0.25, 0.3) is 0 Å². The first-order valence-corrected chi connectivity index (χ1v) is 9.47. The number of hydrogen-bond donors (Lipinski definition) is 1. The summed E-state index contributed by atoms with van der Waals surface area (Å²) in [5, 5.41) is 9.49. The lowest BCUT2D eigenvalue weighted by Crippen LogP contribution is -2.38. The number of halogens is 3. The highest BCUT2D eigenvalue weighted by atomic mass is 19.4. The molecule has 1 unspecified atom stereocenters. The van der Waals surface area contributed by atoms with E-state index in [0.29, 0.717) is 25.8 Å². The highest BCUT2D eigenvalue weighted by molar-refractivity contribution is 5.71. The lowest BCUT2D eigenvalue weighted by molar-refractivity contribution is -0.141. The van der Waals surface area contributed by atoms with E-state index in [4.69, 9.17) is 4.74 Å². The molecule has 0 saturated carbocycles. The Morgan fingerprint density at radius 1 is 1.39 bits per heavy atom. The number of rotatable bonds is 7. The van der Waals surface area contributed by atoms with Gasteiger partial charge in [0.05, 0.1) is 18.3 Å². The minimum absolute atomic E-state index is 0.0288. The zero-order valence-corrected chi connectivity index (χ0v) is 15.9. The second-order valence-corrected chi connectivity index (χ2v) is 8.03. The van der Waals surface area contributed by atoms with E-state index in [2.05, 4.69) is 4.90 Å². The summed E-state index contributed by atoms with van der Waals surface area (Å²) in [6.07, 6.45) is -2.29. The van der Waals surface area contributed by atoms with Gasteiger partial charge in [0, 0.05) is 31.4 Å². The predicted octanol–water partition coefficient (Wildman–Crippen LogP) is 2.55. The number of aliphatic carboxylic acids is 1. The van der Waals surface area contributed by atoms with Crippen LogP contribution in [0.3, 0.4) is 0 Å². The summed E-state index contributed by atoms with van der Waals surface area (Å²) < 4.78 is 46.9. The zero-order chi connectivity index (χ0) is 20.6. The quantitative estimate of drug-likeness (QED) is 0.759. The average molecular weight is 402 g/mol. The average Bonchev–Trinajstić information content (AvgIpc) is 3.20. The first-order valence-electron chi connectivity index (χ1n) is 9.47. The van der Waals surface area contributed by atoms with E-state index in [1.807, 2.05) is 0 Å². The van der Waals surface area contributed by atoms with Crippen molar-refractivity contribution in [2.24, 2.45) is 5.92 Å². The Kier molecular flexibility index (Phi) is 5.86. The van der Waals surface area contributed by atoms with Crippen molar-refractivity contribution in [3.8, 4) is 0 Å². The lowest BCUT2D eigenvalue weighted by Gasteiger charge is -2.27. The molecule has 0 radical (unpaired) electrons. The molecule has 156 valence electrons. The molecule has 0 aromatic carbocycles. The Hall–Kier alpha value is -1.87. The number of carbonyl (C=O) groups is 1. The lowest BCUT2D eigenvalue weighted by atomic mass is 10.0. The first-order chi connectivity index (χ1) is 13.1. The highest BCUT2D eigenvalue weighted by Crippen LogP contribution is 2.33. The van der Waals surface area contributed by atoms with Crippen LogP contribution in [-0.4, -0.2) is 52.4 Å². The van der Waals surface area contributed by atoms with Crippen LogP contribution in [0.4, 0.5) is 13.2 Å². The second kappa shape index (κ2) is 7.87. The minimum atomic E-state index is -4.67. The monoisotopic (exact) mass is 402 g/mol. The van der Waals surface area contributed by atoms with E-state index in [9.17, 15) is 27.9 Å². The SMILES string of the molecule is CC(C)CC(C(=O)O)n1cc(CCN2C[C@H]3C[C@@H]2CO3)c(C(F)(F)F)cc1=O. The minimum Gasteiger partial charge on any atom is -0.480 e. The van der Waals surface area contributed by atoms with Crippen LogP contribution in [0.5, 0.6) is 0 Å². The van der Waals surface area contributed by atoms with Crippen LogP contribution in [-0.2, 0) is 22.1 Å². The molecule has 9 heteroatoms. The Morgan fingerprint density at radius 3 is 2.61 bits per heavy atom. The van der Waals surface area contributed by atoms with E-state index in [-0.39, 0.29) is 36.5 Å². The molecule has 3 rings (SSSR count). The molecular formula is C19H25F3N2O4. The van der Waals surface area contributed by atoms with Gasteiger partial charge >= 0.3 is 12.1 Å². The number of aromatic nitrogens is 1. The molecule has 28 heavy (non-hydrogen) atoms. The van der Waals surface area contributed by atoms with Crippen molar-refractivity contribution in [3.05, 3.63) is 33.7 Å². The summed E-state index contributed by atoms with van der Waals surface area (Å²) >= 11 is 0. The van der Waals surface area contributed by atoms with Crippen molar-refractivity contribution in [3.63, 3.8) is 0 Å². The third-order valence-electron chi connectivity index (χ3n) is 5.47. The van der Waals surface area contributed by atoms with Gasteiger partial charge in [-0.2, -0.15) is 13.2 Å². The van der Waals surface area contributed by atoms with Crippen LogP contribution < -0.4 is 5.56 Å². The number of nitrogens with zero attached hydrogens (tertiary/aromatic N) is 2. The highest BCUT2D eigenvalue weighted by Gasteiger charge is 2.39. The van der Waals surface area contributed by atoms with Crippen LogP contribution in [0, 0.1) is 5.92 Å². The van der Waals surface area contributed by atoms with E-state index in [1.165, 1.54) is 0 Å². The van der Waals surface area contributed by atoms with Gasteiger partial charge in [-0.1, -0.05) is 13.8 Å². The molecule has 0 spiro atoms. The van der Waals surface area contributed by atoms with Crippen molar-refractivity contribution in [2.75, 3.05) is 19.7 Å². The summed E-state index contributed by atoms with van der Waals surface area (Å²) in [4.78, 5) is 26.0. The van der Waals surface area contributed by atoms with Gasteiger partial charge in [-0.15, -0.1) is 0 Å². The first kappa shape index (κ1) is 20.9. The molecule has 1 aromatic rings. The van der Waals surface area contributed by atoms with Crippen molar-refractivity contribution in [1.29, 1.82) is 0 Å². The Bertz CT molecular complexity index is 790. The van der Waals surface area contributed by atoms with Crippen LogP contribution in [0.1, 0.15) is 43.9 Å². The van der Waals surface area contributed by atoms with Crippen LogP contribution in [0.15, 0.2) is 17.1 Å². The van der Waals surface area contributed by atoms with E-state index >= 15 is 0 Å². The maximum absolute atomic E-state index is 13.5. The number of likely N-dealkylation sites (tertiary alicyclic amines) is 1. The van der Waals surface area contributed by atoms with Gasteiger partial charge in [-0.05, 0) is 30.7 Å². The molecule has 1 N–H and O–H groups in total. The summed E-state index contributed by atoms with van der Waals surface area (Å²) in [5.41, 5.74) is -1.98. The van der Waals surface area contributed by atoms with Gasteiger partial charge in [-0.3, -0.25) is 9.69 Å². The molecule has 2 bridgehead atoms. The third-order valence-corrected chi connectivity index (χ3v) is 5.47. The Balaban J connectivity index is 1.91. The van der Waals surface area contributed by atoms with Crippen LogP contribution >= 0.6 is 0 Å². The number of pyridine rings is 1. The fourth-order valence-corrected chi connectivity index (χ4v) is 4.10. The van der Waals surface area contributed by atoms with Crippen molar-refractivity contribution in [1.82, 2.24) is 9.47 Å². The summed E-state index contributed by atoms with van der Waals surface area (Å²) in [5.74, 6) is -1.26. The third kappa shape index (κ3) is 4.41. The van der Waals surface area contributed by atoms with E-state index in [0.717, 1.165) is 17.2 Å². The molecule has 6 nitrogen and oxygen atoms in total. The van der Waals surface area contributed by atoms with Gasteiger partial charge in [0.15, 0.2) is 0 Å². The molecule has 3 atom stereocenters. The molecule has 0 amide bonds. The molecule has 2 aliphatic rings. The van der Waals surface area contributed by atoms with Gasteiger partial charge in [0.25, 0.3) is 5.56 Å². The molecule has 2 aliphatic heterocycles. The standard InChI is InChI=1S/C19H25F3N2O4/c1-11(2)5-16(18(26)27)24-8-12(15(7-17(24)25)19(20,21)22)3-4-23-9-14-6-13(23)10-28-14/h7-8,11,13-14,16H,3-6,9-10H2,1-2H3,(H,26,27)/t13-,14-,16?/m1/s1. The van der Waals surface area contributed by atoms with Crippen LogP contribution in [0.2, 0.25) is 0 Å². The normalized spacial score (nSPS) is 23.5. The van der Waals surface area contributed by atoms with E-state index < -0.39 is 29.3 Å². The molecule has 3 heterocycles. The topological polar surface area (TPSA) is 71.8 Å².